The number of hydrogen-bond donors (Lipinski definition) is 2. The van der Waals surface area contributed by atoms with E-state index in [2.05, 4.69) is 5.32 Å². The highest BCUT2D eigenvalue weighted by Gasteiger charge is 2.36. The van der Waals surface area contributed by atoms with Crippen molar-refractivity contribution in [1.82, 2.24) is 0 Å². The van der Waals surface area contributed by atoms with E-state index >= 15 is 0 Å². The molecule has 0 aromatic carbocycles. The Morgan fingerprint density at radius 3 is 2.65 bits per heavy atom. The maximum absolute atomic E-state index is 12.1. The van der Waals surface area contributed by atoms with Gasteiger partial charge in [0.15, 0.2) is 0 Å². The van der Waals surface area contributed by atoms with Crippen molar-refractivity contribution in [3.05, 3.63) is 16.3 Å². The Balaban J connectivity index is 2.13. The molecule has 0 aliphatic heterocycles. The number of anilines is 1. The Kier molecular flexibility index (Phi) is 3.19. The van der Waals surface area contributed by atoms with Gasteiger partial charge in [0.1, 0.15) is 4.88 Å². The second-order valence-electron chi connectivity index (χ2n) is 4.69. The molecule has 0 unspecified atom stereocenters. The van der Waals surface area contributed by atoms with Crippen LogP contribution in [0.1, 0.15) is 42.3 Å². The van der Waals surface area contributed by atoms with Gasteiger partial charge < -0.3 is 10.4 Å². The lowest BCUT2D eigenvalue weighted by Crippen LogP contribution is -2.31. The van der Waals surface area contributed by atoms with Crippen LogP contribution in [0.2, 0.25) is 0 Å². The molecule has 0 spiro atoms. The Morgan fingerprint density at radius 2 is 2.06 bits per heavy atom. The van der Waals surface area contributed by atoms with Crippen LogP contribution in [0, 0.1) is 5.41 Å². The van der Waals surface area contributed by atoms with Crippen molar-refractivity contribution >= 4 is 28.9 Å². The van der Waals surface area contributed by atoms with Crippen molar-refractivity contribution < 1.29 is 14.7 Å². The van der Waals surface area contributed by atoms with Gasteiger partial charge in [-0.3, -0.25) is 4.79 Å². The maximum Gasteiger partial charge on any atom is 0.348 e. The predicted octanol–water partition coefficient (Wildman–Crippen LogP) is 2.97. The van der Waals surface area contributed by atoms with Crippen LogP contribution in [0.15, 0.2) is 11.4 Å². The summed E-state index contributed by atoms with van der Waals surface area (Å²) in [7, 11) is 0. The van der Waals surface area contributed by atoms with Crippen LogP contribution in [-0.4, -0.2) is 17.0 Å². The van der Waals surface area contributed by atoms with Crippen LogP contribution in [0.25, 0.3) is 0 Å². The van der Waals surface area contributed by atoms with E-state index in [0.29, 0.717) is 5.69 Å². The normalized spacial score (nSPS) is 17.9. The van der Waals surface area contributed by atoms with Gasteiger partial charge in [-0.2, -0.15) is 0 Å². The van der Waals surface area contributed by atoms with Gasteiger partial charge in [0, 0.05) is 5.41 Å². The molecular formula is C12H15NO3S. The highest BCUT2D eigenvalue weighted by atomic mass is 32.1. The molecule has 92 valence electrons. The summed E-state index contributed by atoms with van der Waals surface area (Å²) in [4.78, 5) is 23.2. The Morgan fingerprint density at radius 1 is 1.41 bits per heavy atom. The molecule has 5 heteroatoms. The lowest BCUT2D eigenvalue weighted by atomic mass is 9.88. The monoisotopic (exact) mass is 253 g/mol. The molecule has 2 rings (SSSR count). The van der Waals surface area contributed by atoms with Crippen LogP contribution in [0.4, 0.5) is 5.69 Å². The van der Waals surface area contributed by atoms with Gasteiger partial charge in [-0.05, 0) is 24.3 Å². The Hall–Kier alpha value is -1.36. The SMILES string of the molecule is CC1(C(=O)Nc2ccsc2C(=O)O)CCCC1. The molecule has 0 radical (unpaired) electrons. The summed E-state index contributed by atoms with van der Waals surface area (Å²) in [6.07, 6.45) is 3.90. The van der Waals surface area contributed by atoms with Crippen molar-refractivity contribution in [2.75, 3.05) is 5.32 Å². The molecule has 4 nitrogen and oxygen atoms in total. The molecule has 1 aliphatic rings. The summed E-state index contributed by atoms with van der Waals surface area (Å²) < 4.78 is 0. The zero-order valence-corrected chi connectivity index (χ0v) is 10.5. The van der Waals surface area contributed by atoms with E-state index in [1.54, 1.807) is 11.4 Å². The van der Waals surface area contributed by atoms with E-state index in [0.717, 1.165) is 37.0 Å². The van der Waals surface area contributed by atoms with E-state index < -0.39 is 5.97 Å². The fourth-order valence-electron chi connectivity index (χ4n) is 2.23. The number of amides is 1. The number of carbonyl (C=O) groups is 2. The predicted molar refractivity (Wildman–Crippen MR) is 66.5 cm³/mol. The van der Waals surface area contributed by atoms with E-state index in [1.165, 1.54) is 0 Å². The smallest absolute Gasteiger partial charge is 0.348 e. The van der Waals surface area contributed by atoms with Gasteiger partial charge in [0.2, 0.25) is 5.91 Å². The fraction of sp³-hybridized carbons (Fsp3) is 0.500. The molecular weight excluding hydrogens is 238 g/mol. The minimum absolute atomic E-state index is 0.0594. The third kappa shape index (κ3) is 2.34. The van der Waals surface area contributed by atoms with Crippen LogP contribution in [-0.2, 0) is 4.79 Å². The van der Waals surface area contributed by atoms with Crippen LogP contribution >= 0.6 is 11.3 Å². The summed E-state index contributed by atoms with van der Waals surface area (Å²) >= 11 is 1.13. The number of carboxylic acids is 1. The Bertz CT molecular complexity index is 446. The quantitative estimate of drug-likeness (QED) is 0.870. The van der Waals surface area contributed by atoms with E-state index in [1.807, 2.05) is 6.92 Å². The highest BCUT2D eigenvalue weighted by Crippen LogP contribution is 2.38. The van der Waals surface area contributed by atoms with E-state index in [-0.39, 0.29) is 16.2 Å². The maximum atomic E-state index is 12.1. The molecule has 1 aliphatic carbocycles. The average molecular weight is 253 g/mol. The topological polar surface area (TPSA) is 66.4 Å². The summed E-state index contributed by atoms with van der Waals surface area (Å²) in [5.41, 5.74) is 0.0816. The number of hydrogen-bond acceptors (Lipinski definition) is 3. The first kappa shape index (κ1) is 12.1. The molecule has 2 N–H and O–H groups in total. The minimum Gasteiger partial charge on any atom is -0.477 e. The third-order valence-corrected chi connectivity index (χ3v) is 4.27. The van der Waals surface area contributed by atoms with Gasteiger partial charge in [-0.25, -0.2) is 4.79 Å². The van der Waals surface area contributed by atoms with Crippen molar-refractivity contribution in [1.29, 1.82) is 0 Å². The van der Waals surface area contributed by atoms with Crippen molar-refractivity contribution in [2.24, 2.45) is 5.41 Å². The number of carboxylic acid groups (broad SMARTS) is 1. The minimum atomic E-state index is -0.994. The average Bonchev–Trinajstić information content (AvgIpc) is 2.87. The van der Waals surface area contributed by atoms with Crippen molar-refractivity contribution in [3.63, 3.8) is 0 Å². The van der Waals surface area contributed by atoms with Crippen LogP contribution in [0.3, 0.4) is 0 Å². The lowest BCUT2D eigenvalue weighted by molar-refractivity contribution is -0.124. The molecule has 1 aromatic rings. The first-order chi connectivity index (χ1) is 8.03. The first-order valence-electron chi connectivity index (χ1n) is 5.65. The van der Waals surface area contributed by atoms with Crippen molar-refractivity contribution in [2.45, 2.75) is 32.6 Å². The number of rotatable bonds is 3. The zero-order valence-electron chi connectivity index (χ0n) is 9.66. The molecule has 1 saturated carbocycles. The summed E-state index contributed by atoms with van der Waals surface area (Å²) in [6, 6.07) is 1.64. The zero-order chi connectivity index (χ0) is 12.5. The van der Waals surface area contributed by atoms with Gasteiger partial charge >= 0.3 is 5.97 Å². The summed E-state index contributed by atoms with van der Waals surface area (Å²) in [5, 5.41) is 13.4. The summed E-state index contributed by atoms with van der Waals surface area (Å²) in [6.45, 7) is 1.95. The number of carbonyl (C=O) groups excluding carboxylic acids is 1. The van der Waals surface area contributed by atoms with Gasteiger partial charge in [-0.1, -0.05) is 19.8 Å². The van der Waals surface area contributed by atoms with Crippen LogP contribution < -0.4 is 5.32 Å². The number of thiophene rings is 1. The molecule has 0 atom stereocenters. The molecule has 17 heavy (non-hydrogen) atoms. The highest BCUT2D eigenvalue weighted by molar-refractivity contribution is 7.12. The molecule has 1 amide bonds. The fourth-order valence-corrected chi connectivity index (χ4v) is 2.92. The molecule has 1 aromatic heterocycles. The summed E-state index contributed by atoms with van der Waals surface area (Å²) in [5.74, 6) is -1.05. The standard InChI is InChI=1S/C12H15NO3S/c1-12(5-2-3-6-12)11(16)13-8-4-7-17-9(8)10(14)15/h4,7H,2-3,5-6H2,1H3,(H,13,16)(H,14,15). The van der Waals surface area contributed by atoms with E-state index in [4.69, 9.17) is 5.11 Å². The number of nitrogens with one attached hydrogen (secondary N) is 1. The Labute approximate surface area is 104 Å². The molecule has 0 bridgehead atoms. The van der Waals surface area contributed by atoms with Gasteiger partial charge in [-0.15, -0.1) is 11.3 Å². The van der Waals surface area contributed by atoms with Gasteiger partial charge in [0.05, 0.1) is 5.69 Å². The molecule has 1 fully saturated rings. The van der Waals surface area contributed by atoms with Crippen LogP contribution in [0.5, 0.6) is 0 Å². The molecule has 0 saturated heterocycles. The number of aromatic carboxylic acids is 1. The van der Waals surface area contributed by atoms with Gasteiger partial charge in [0.25, 0.3) is 0 Å². The van der Waals surface area contributed by atoms with E-state index in [9.17, 15) is 9.59 Å². The van der Waals surface area contributed by atoms with Crippen molar-refractivity contribution in [3.8, 4) is 0 Å². The molecule has 1 heterocycles. The second-order valence-corrected chi connectivity index (χ2v) is 5.61. The first-order valence-corrected chi connectivity index (χ1v) is 6.53. The largest absolute Gasteiger partial charge is 0.477 e. The second kappa shape index (κ2) is 4.49. The third-order valence-electron chi connectivity index (χ3n) is 3.36. The lowest BCUT2D eigenvalue weighted by Gasteiger charge is -2.22.